The van der Waals surface area contributed by atoms with Crippen LogP contribution in [0.3, 0.4) is 0 Å². The molecule has 0 bridgehead atoms. The summed E-state index contributed by atoms with van der Waals surface area (Å²) < 4.78 is 15.2. The first-order valence-corrected chi connectivity index (χ1v) is 6.46. The zero-order valence-corrected chi connectivity index (χ0v) is 12.3. The van der Waals surface area contributed by atoms with Crippen molar-refractivity contribution >= 4 is 17.5 Å². The molecule has 6 nitrogen and oxygen atoms in total. The van der Waals surface area contributed by atoms with Crippen molar-refractivity contribution in [3.05, 3.63) is 24.3 Å². The number of hydrogen-bond donors (Lipinski definition) is 2. The molecule has 1 aromatic carbocycles. The maximum Gasteiger partial charge on any atom is 0.411 e. The molecular weight excluding hydrogens is 260 g/mol. The molecule has 20 heavy (non-hydrogen) atoms. The Morgan fingerprint density at radius 1 is 1.15 bits per heavy atom. The van der Waals surface area contributed by atoms with Gasteiger partial charge in [0.15, 0.2) is 6.29 Å². The summed E-state index contributed by atoms with van der Waals surface area (Å²) >= 11 is 0. The van der Waals surface area contributed by atoms with Crippen molar-refractivity contribution in [1.29, 1.82) is 0 Å². The van der Waals surface area contributed by atoms with E-state index < -0.39 is 6.09 Å². The van der Waals surface area contributed by atoms with Crippen LogP contribution in [0.15, 0.2) is 24.3 Å². The van der Waals surface area contributed by atoms with Crippen molar-refractivity contribution in [3.8, 4) is 0 Å². The van der Waals surface area contributed by atoms with Gasteiger partial charge in [0.2, 0.25) is 0 Å². The zero-order valence-electron chi connectivity index (χ0n) is 12.3. The minimum atomic E-state index is -0.458. The van der Waals surface area contributed by atoms with Crippen molar-refractivity contribution in [1.82, 2.24) is 0 Å². The molecule has 0 fully saturated rings. The first-order valence-electron chi connectivity index (χ1n) is 6.46. The van der Waals surface area contributed by atoms with Crippen LogP contribution in [-0.2, 0) is 14.2 Å². The van der Waals surface area contributed by atoms with E-state index in [-0.39, 0.29) is 12.3 Å². The lowest BCUT2D eigenvalue weighted by Crippen LogP contribution is -2.33. The van der Waals surface area contributed by atoms with Crippen LogP contribution in [0, 0.1) is 0 Å². The Morgan fingerprint density at radius 3 is 2.20 bits per heavy atom. The fourth-order valence-electron chi connectivity index (χ4n) is 1.77. The maximum atomic E-state index is 11.3. The second kappa shape index (κ2) is 8.39. The molecule has 0 aliphatic heterocycles. The largest absolute Gasteiger partial charge is 0.450 e. The van der Waals surface area contributed by atoms with Gasteiger partial charge in [-0.3, -0.25) is 5.32 Å². The van der Waals surface area contributed by atoms with Crippen LogP contribution in [0.1, 0.15) is 13.8 Å². The van der Waals surface area contributed by atoms with Crippen LogP contribution < -0.4 is 10.6 Å². The number of carbonyl (C=O) groups is 1. The molecule has 1 rings (SSSR count). The van der Waals surface area contributed by atoms with E-state index in [4.69, 9.17) is 14.2 Å². The predicted octanol–water partition coefficient (Wildman–Crippen LogP) is 2.67. The quantitative estimate of drug-likeness (QED) is 0.752. The van der Waals surface area contributed by atoms with Crippen molar-refractivity contribution < 1.29 is 19.0 Å². The van der Waals surface area contributed by atoms with Crippen molar-refractivity contribution in [2.45, 2.75) is 26.2 Å². The third-order valence-electron chi connectivity index (χ3n) is 2.67. The Kier molecular flexibility index (Phi) is 6.83. The Labute approximate surface area is 119 Å². The van der Waals surface area contributed by atoms with Crippen LogP contribution in [0.2, 0.25) is 0 Å². The smallest absolute Gasteiger partial charge is 0.411 e. The third-order valence-corrected chi connectivity index (χ3v) is 2.67. The van der Waals surface area contributed by atoms with E-state index in [0.29, 0.717) is 12.3 Å². The molecule has 0 aliphatic carbocycles. The lowest BCUT2D eigenvalue weighted by molar-refractivity contribution is -0.109. The van der Waals surface area contributed by atoms with Gasteiger partial charge in [0.1, 0.15) is 0 Å². The maximum absolute atomic E-state index is 11.3. The Balaban J connectivity index is 2.56. The minimum Gasteiger partial charge on any atom is -0.450 e. The molecule has 2 N–H and O–H groups in total. The highest BCUT2D eigenvalue weighted by Gasteiger charge is 2.15. The van der Waals surface area contributed by atoms with Crippen molar-refractivity contribution in [2.75, 3.05) is 31.5 Å². The van der Waals surface area contributed by atoms with Crippen LogP contribution in [0.4, 0.5) is 16.2 Å². The van der Waals surface area contributed by atoms with Gasteiger partial charge in [0, 0.05) is 25.6 Å². The number of methoxy groups -OCH3 is 2. The molecule has 0 aromatic heterocycles. The molecule has 0 aliphatic rings. The van der Waals surface area contributed by atoms with E-state index in [1.165, 1.54) is 0 Å². The summed E-state index contributed by atoms with van der Waals surface area (Å²) in [4.78, 5) is 11.3. The number of carbonyl (C=O) groups excluding carboxylic acids is 1. The molecule has 0 spiro atoms. The van der Waals surface area contributed by atoms with Crippen molar-refractivity contribution in [3.63, 3.8) is 0 Å². The lowest BCUT2D eigenvalue weighted by Gasteiger charge is -2.23. The summed E-state index contributed by atoms with van der Waals surface area (Å²) in [7, 11) is 3.19. The van der Waals surface area contributed by atoms with E-state index in [2.05, 4.69) is 10.6 Å². The van der Waals surface area contributed by atoms with Gasteiger partial charge in [-0.05, 0) is 38.1 Å². The molecule has 112 valence electrons. The first-order chi connectivity index (χ1) is 9.60. The summed E-state index contributed by atoms with van der Waals surface area (Å²) in [5.74, 6) is 0. The summed E-state index contributed by atoms with van der Waals surface area (Å²) in [5.41, 5.74) is 1.59. The van der Waals surface area contributed by atoms with Gasteiger partial charge in [-0.2, -0.15) is 0 Å². The molecule has 1 aromatic rings. The number of anilines is 2. The fourth-order valence-corrected chi connectivity index (χ4v) is 1.77. The van der Waals surface area contributed by atoms with Crippen molar-refractivity contribution in [2.24, 2.45) is 0 Å². The highest BCUT2D eigenvalue weighted by atomic mass is 16.7. The molecule has 1 unspecified atom stereocenters. The second-order valence-corrected chi connectivity index (χ2v) is 4.20. The van der Waals surface area contributed by atoms with Gasteiger partial charge in [-0.1, -0.05) is 0 Å². The van der Waals surface area contributed by atoms with Gasteiger partial charge in [-0.25, -0.2) is 4.79 Å². The predicted molar refractivity (Wildman–Crippen MR) is 78.0 cm³/mol. The van der Waals surface area contributed by atoms with E-state index in [9.17, 15) is 4.79 Å². The Bertz CT molecular complexity index is 404. The summed E-state index contributed by atoms with van der Waals surface area (Å²) in [6.07, 6.45) is -0.784. The molecule has 0 heterocycles. The number of amides is 1. The normalized spacial score (nSPS) is 12.1. The number of rotatable bonds is 7. The number of benzene rings is 1. The summed E-state index contributed by atoms with van der Waals surface area (Å²) in [5, 5.41) is 5.89. The second-order valence-electron chi connectivity index (χ2n) is 4.20. The van der Waals surface area contributed by atoms with Crippen LogP contribution in [0.25, 0.3) is 0 Å². The Morgan fingerprint density at radius 2 is 1.70 bits per heavy atom. The highest BCUT2D eigenvalue weighted by Crippen LogP contribution is 2.16. The van der Waals surface area contributed by atoms with E-state index in [0.717, 1.165) is 5.69 Å². The number of hydrogen-bond acceptors (Lipinski definition) is 5. The first kappa shape index (κ1) is 16.3. The molecule has 0 radical (unpaired) electrons. The van der Waals surface area contributed by atoms with Gasteiger partial charge in [0.25, 0.3) is 0 Å². The Hall–Kier alpha value is -1.79. The molecule has 1 amide bonds. The van der Waals surface area contributed by atoms with Crippen LogP contribution >= 0.6 is 0 Å². The summed E-state index contributed by atoms with van der Waals surface area (Å²) in [6.45, 7) is 4.07. The number of ether oxygens (including phenoxy) is 3. The van der Waals surface area contributed by atoms with Gasteiger partial charge < -0.3 is 19.5 Å². The molecule has 1 atom stereocenters. The summed E-state index contributed by atoms with van der Waals surface area (Å²) in [6, 6.07) is 7.30. The SMILES string of the molecule is CCOC(=O)Nc1ccc(NC(C)C(OC)OC)cc1. The molecule has 6 heteroatoms. The minimum absolute atomic E-state index is 0.00568. The van der Waals surface area contributed by atoms with Crippen LogP contribution in [-0.4, -0.2) is 39.3 Å². The highest BCUT2D eigenvalue weighted by molar-refractivity contribution is 5.84. The van der Waals surface area contributed by atoms with E-state index >= 15 is 0 Å². The van der Waals surface area contributed by atoms with Gasteiger partial charge >= 0.3 is 6.09 Å². The topological polar surface area (TPSA) is 68.8 Å². The third kappa shape index (κ3) is 5.07. The zero-order chi connectivity index (χ0) is 15.0. The molecule has 0 saturated carbocycles. The van der Waals surface area contributed by atoms with Gasteiger partial charge in [-0.15, -0.1) is 0 Å². The standard InChI is InChI=1S/C14H22N2O4/c1-5-20-14(17)16-12-8-6-11(7-9-12)15-10(2)13(18-3)19-4/h6-10,13,15H,5H2,1-4H3,(H,16,17). The average Bonchev–Trinajstić information content (AvgIpc) is 2.42. The number of nitrogens with one attached hydrogen (secondary N) is 2. The lowest BCUT2D eigenvalue weighted by atomic mass is 10.2. The van der Waals surface area contributed by atoms with E-state index in [1.807, 2.05) is 19.1 Å². The molecular formula is C14H22N2O4. The van der Waals surface area contributed by atoms with Gasteiger partial charge in [0.05, 0.1) is 12.6 Å². The monoisotopic (exact) mass is 282 g/mol. The fraction of sp³-hybridized carbons (Fsp3) is 0.500. The van der Waals surface area contributed by atoms with Crippen LogP contribution in [0.5, 0.6) is 0 Å². The average molecular weight is 282 g/mol. The van der Waals surface area contributed by atoms with E-state index in [1.54, 1.807) is 33.3 Å². The molecule has 0 saturated heterocycles.